The molecule has 0 bridgehead atoms. The first-order valence-corrected chi connectivity index (χ1v) is 7.43. The number of aromatic nitrogens is 2. The Hall–Kier alpha value is -2.45. The van der Waals surface area contributed by atoms with Crippen LogP contribution in [0.15, 0.2) is 41.3 Å². The van der Waals surface area contributed by atoms with Crippen LogP contribution in [0, 0.1) is 11.3 Å². The summed E-state index contributed by atoms with van der Waals surface area (Å²) in [5, 5.41) is 17.2. The van der Waals surface area contributed by atoms with E-state index in [0.29, 0.717) is 30.5 Å². The number of nitriles is 1. The van der Waals surface area contributed by atoms with Crippen LogP contribution in [0.5, 0.6) is 0 Å². The van der Waals surface area contributed by atoms with Gasteiger partial charge in [-0.15, -0.1) is 16.8 Å². The third-order valence-corrected chi connectivity index (χ3v) is 3.62. The number of hydrogen-bond donors (Lipinski definition) is 0. The minimum absolute atomic E-state index is 0.474. The maximum absolute atomic E-state index is 8.98. The van der Waals surface area contributed by atoms with Gasteiger partial charge in [-0.25, -0.2) is 0 Å². The average Bonchev–Trinajstić information content (AvgIpc) is 3.28. The van der Waals surface area contributed by atoms with Gasteiger partial charge in [0.1, 0.15) is 0 Å². The number of benzene rings is 1. The monoisotopic (exact) mass is 294 g/mol. The molecule has 0 unspecified atom stereocenters. The second kappa shape index (κ2) is 6.54. The molecule has 1 saturated carbocycles. The molecule has 1 fully saturated rings. The minimum atomic E-state index is 0.474. The summed E-state index contributed by atoms with van der Waals surface area (Å²) in [6.07, 6.45) is 4.16. The van der Waals surface area contributed by atoms with Crippen molar-refractivity contribution >= 4 is 0 Å². The second-order valence-corrected chi connectivity index (χ2v) is 5.58. The molecule has 1 aliphatic rings. The molecule has 1 aromatic heterocycles. The molecule has 5 nitrogen and oxygen atoms in total. The van der Waals surface area contributed by atoms with Crippen LogP contribution in [0.4, 0.5) is 0 Å². The lowest BCUT2D eigenvalue weighted by Gasteiger charge is -2.18. The van der Waals surface area contributed by atoms with E-state index in [4.69, 9.17) is 9.68 Å². The van der Waals surface area contributed by atoms with Crippen molar-refractivity contribution in [1.29, 1.82) is 5.26 Å². The highest BCUT2D eigenvalue weighted by Crippen LogP contribution is 2.39. The van der Waals surface area contributed by atoms with Gasteiger partial charge in [0.25, 0.3) is 0 Å². The summed E-state index contributed by atoms with van der Waals surface area (Å²) in [6.45, 7) is 5.82. The van der Waals surface area contributed by atoms with Crippen LogP contribution >= 0.6 is 0 Å². The Morgan fingerprint density at radius 3 is 2.95 bits per heavy atom. The Morgan fingerprint density at radius 1 is 1.36 bits per heavy atom. The van der Waals surface area contributed by atoms with Crippen molar-refractivity contribution in [3.8, 4) is 6.07 Å². The number of rotatable bonds is 7. The van der Waals surface area contributed by atoms with E-state index in [0.717, 1.165) is 30.8 Å². The Kier molecular flexibility index (Phi) is 4.31. The predicted molar refractivity (Wildman–Crippen MR) is 81.7 cm³/mol. The molecule has 112 valence electrons. The summed E-state index contributed by atoms with van der Waals surface area (Å²) < 4.78 is 5.72. The van der Waals surface area contributed by atoms with Crippen LogP contribution in [-0.2, 0) is 13.1 Å². The molecule has 1 aliphatic carbocycles. The van der Waals surface area contributed by atoms with Crippen molar-refractivity contribution in [2.45, 2.75) is 31.8 Å². The maximum atomic E-state index is 8.98. The van der Waals surface area contributed by atoms with E-state index in [9.17, 15) is 0 Å². The second-order valence-electron chi connectivity index (χ2n) is 5.58. The first-order chi connectivity index (χ1) is 10.8. The van der Waals surface area contributed by atoms with Gasteiger partial charge in [-0.05, 0) is 30.5 Å². The van der Waals surface area contributed by atoms with Gasteiger partial charge in [0.05, 0.1) is 18.2 Å². The van der Waals surface area contributed by atoms with Crippen molar-refractivity contribution in [1.82, 2.24) is 15.1 Å². The minimum Gasteiger partial charge on any atom is -0.424 e. The molecule has 0 spiro atoms. The average molecular weight is 294 g/mol. The van der Waals surface area contributed by atoms with Gasteiger partial charge in [-0.1, -0.05) is 18.2 Å². The summed E-state index contributed by atoms with van der Waals surface area (Å²) in [6, 6.07) is 9.79. The highest BCUT2D eigenvalue weighted by atomic mass is 16.4. The van der Waals surface area contributed by atoms with Crippen LogP contribution < -0.4 is 0 Å². The lowest BCUT2D eigenvalue weighted by atomic mass is 10.1. The molecule has 2 aromatic rings. The molecule has 0 N–H and O–H groups in total. The van der Waals surface area contributed by atoms with E-state index < -0.39 is 0 Å². The van der Waals surface area contributed by atoms with E-state index in [2.05, 4.69) is 27.7 Å². The normalized spacial score (nSPS) is 14.0. The fraction of sp³-hybridized carbons (Fsp3) is 0.353. The predicted octanol–water partition coefficient (Wildman–Crippen LogP) is 3.01. The van der Waals surface area contributed by atoms with Crippen LogP contribution in [-0.4, -0.2) is 21.6 Å². The zero-order valence-corrected chi connectivity index (χ0v) is 12.4. The Balaban J connectivity index is 1.68. The molecule has 1 aromatic carbocycles. The third-order valence-electron chi connectivity index (χ3n) is 3.62. The first kappa shape index (κ1) is 14.5. The topological polar surface area (TPSA) is 66.0 Å². The molecule has 1 heterocycles. The third kappa shape index (κ3) is 3.60. The molecule has 0 radical (unpaired) electrons. The Labute approximate surface area is 129 Å². The summed E-state index contributed by atoms with van der Waals surface area (Å²) in [4.78, 5) is 2.16. The smallest absolute Gasteiger partial charge is 0.230 e. The highest BCUT2D eigenvalue weighted by Gasteiger charge is 2.29. The molecular formula is C17H18N4O. The zero-order chi connectivity index (χ0) is 15.4. The SMILES string of the molecule is C=CCN(Cc1cccc(C#N)c1)Cc1nnc(C2CC2)o1. The number of hydrogen-bond acceptors (Lipinski definition) is 5. The van der Waals surface area contributed by atoms with Gasteiger partial charge in [0.2, 0.25) is 11.8 Å². The van der Waals surface area contributed by atoms with Gasteiger partial charge in [0.15, 0.2) is 0 Å². The Morgan fingerprint density at radius 2 is 2.23 bits per heavy atom. The maximum Gasteiger partial charge on any atom is 0.230 e. The largest absolute Gasteiger partial charge is 0.424 e. The van der Waals surface area contributed by atoms with Crippen LogP contribution in [0.1, 0.15) is 41.7 Å². The fourth-order valence-corrected chi connectivity index (χ4v) is 2.38. The Bertz CT molecular complexity index is 697. The molecule has 22 heavy (non-hydrogen) atoms. The molecule has 0 amide bonds. The highest BCUT2D eigenvalue weighted by molar-refractivity contribution is 5.32. The van der Waals surface area contributed by atoms with Crippen molar-refractivity contribution in [2.75, 3.05) is 6.54 Å². The molecule has 0 aliphatic heterocycles. The van der Waals surface area contributed by atoms with Crippen LogP contribution in [0.2, 0.25) is 0 Å². The van der Waals surface area contributed by atoms with E-state index in [1.807, 2.05) is 24.3 Å². The van der Waals surface area contributed by atoms with Crippen LogP contribution in [0.3, 0.4) is 0 Å². The quantitative estimate of drug-likeness (QED) is 0.734. The molecule has 0 saturated heterocycles. The van der Waals surface area contributed by atoms with Gasteiger partial charge in [-0.3, -0.25) is 4.90 Å². The van der Waals surface area contributed by atoms with Gasteiger partial charge >= 0.3 is 0 Å². The zero-order valence-electron chi connectivity index (χ0n) is 12.4. The molecule has 3 rings (SSSR count). The lowest BCUT2D eigenvalue weighted by Crippen LogP contribution is -2.23. The standard InChI is InChI=1S/C17H18N4O/c1-2-8-21(11-14-5-3-4-13(9-14)10-18)12-16-19-20-17(22-16)15-6-7-15/h2-5,9,15H,1,6-8,11-12H2. The first-order valence-electron chi connectivity index (χ1n) is 7.43. The van der Waals surface area contributed by atoms with Gasteiger partial charge < -0.3 is 4.42 Å². The van der Waals surface area contributed by atoms with Crippen molar-refractivity contribution in [2.24, 2.45) is 0 Å². The summed E-state index contributed by atoms with van der Waals surface area (Å²) in [5.41, 5.74) is 1.76. The van der Waals surface area contributed by atoms with E-state index >= 15 is 0 Å². The van der Waals surface area contributed by atoms with Gasteiger partial charge in [-0.2, -0.15) is 5.26 Å². The van der Waals surface area contributed by atoms with Gasteiger partial charge in [0, 0.05) is 19.0 Å². The molecule has 5 heteroatoms. The van der Waals surface area contributed by atoms with E-state index in [-0.39, 0.29) is 0 Å². The van der Waals surface area contributed by atoms with E-state index in [1.54, 1.807) is 6.07 Å². The summed E-state index contributed by atoms with van der Waals surface area (Å²) in [5.74, 6) is 1.88. The summed E-state index contributed by atoms with van der Waals surface area (Å²) >= 11 is 0. The summed E-state index contributed by atoms with van der Waals surface area (Å²) in [7, 11) is 0. The number of nitrogens with zero attached hydrogens (tertiary/aromatic N) is 4. The van der Waals surface area contributed by atoms with Crippen molar-refractivity contribution in [3.05, 3.63) is 59.8 Å². The van der Waals surface area contributed by atoms with Crippen molar-refractivity contribution < 1.29 is 4.42 Å². The fourth-order valence-electron chi connectivity index (χ4n) is 2.38. The van der Waals surface area contributed by atoms with E-state index in [1.165, 1.54) is 0 Å². The van der Waals surface area contributed by atoms with Crippen molar-refractivity contribution in [3.63, 3.8) is 0 Å². The molecular weight excluding hydrogens is 276 g/mol. The van der Waals surface area contributed by atoms with Crippen LogP contribution in [0.25, 0.3) is 0 Å². The molecule has 0 atom stereocenters. The lowest BCUT2D eigenvalue weighted by molar-refractivity contribution is 0.251.